The van der Waals surface area contributed by atoms with Crippen LogP contribution in [0.2, 0.25) is 0 Å². The van der Waals surface area contributed by atoms with Gasteiger partial charge in [0.2, 0.25) is 0 Å². The van der Waals surface area contributed by atoms with Crippen molar-refractivity contribution in [1.82, 2.24) is 0 Å². The second kappa shape index (κ2) is 1.60. The van der Waals surface area contributed by atoms with E-state index in [1.165, 1.54) is 0 Å². The highest BCUT2D eigenvalue weighted by atomic mass is 16.8. The predicted molar refractivity (Wildman–Crippen MR) is 26.0 cm³/mol. The third-order valence-electron chi connectivity index (χ3n) is 1.47. The molecule has 0 radical (unpaired) electrons. The van der Waals surface area contributed by atoms with Gasteiger partial charge in [-0.1, -0.05) is 0 Å². The molecule has 0 aromatic carbocycles. The van der Waals surface area contributed by atoms with E-state index in [0.717, 1.165) is 0 Å². The molecule has 2 aliphatic rings. The number of ether oxygens (including phenoxy) is 3. The molecular weight excluding hydrogens is 124 g/mol. The maximum Gasteiger partial charge on any atom is 0.509 e. The lowest BCUT2D eigenvalue weighted by atomic mass is 10.3. The summed E-state index contributed by atoms with van der Waals surface area (Å²) in [4.78, 5) is 10.4. The fourth-order valence-corrected chi connectivity index (χ4v) is 1.01. The first-order chi connectivity index (χ1) is 4.36. The number of rotatable bonds is 0. The summed E-state index contributed by atoms with van der Waals surface area (Å²) in [6.45, 7) is 0.965. The minimum atomic E-state index is -0.562. The van der Waals surface area contributed by atoms with E-state index in [2.05, 4.69) is 0 Å². The highest BCUT2D eigenvalue weighted by Gasteiger charge is 2.41. The van der Waals surface area contributed by atoms with Crippen LogP contribution in [-0.2, 0) is 14.2 Å². The van der Waals surface area contributed by atoms with Gasteiger partial charge in [0.15, 0.2) is 12.2 Å². The largest absolute Gasteiger partial charge is 0.509 e. The van der Waals surface area contributed by atoms with Crippen molar-refractivity contribution < 1.29 is 19.0 Å². The summed E-state index contributed by atoms with van der Waals surface area (Å²) in [6.07, 6.45) is -0.844. The Kier molecular flexibility index (Phi) is 0.900. The van der Waals surface area contributed by atoms with E-state index in [4.69, 9.17) is 14.2 Å². The van der Waals surface area contributed by atoms with Crippen LogP contribution in [-0.4, -0.2) is 31.6 Å². The van der Waals surface area contributed by atoms with Crippen molar-refractivity contribution in [3.63, 3.8) is 0 Å². The molecule has 0 N–H and O–H groups in total. The quantitative estimate of drug-likeness (QED) is 0.430. The number of hydrogen-bond acceptors (Lipinski definition) is 4. The van der Waals surface area contributed by atoms with Gasteiger partial charge in [0, 0.05) is 0 Å². The Bertz CT molecular complexity index is 130. The molecular formula is C5H6O4. The van der Waals surface area contributed by atoms with Gasteiger partial charge < -0.3 is 14.2 Å². The first-order valence-electron chi connectivity index (χ1n) is 2.81. The zero-order valence-electron chi connectivity index (χ0n) is 4.70. The Hall–Kier alpha value is -0.770. The molecule has 2 fully saturated rings. The molecule has 0 saturated carbocycles. The number of carbonyl (C=O) groups excluding carboxylic acids is 1. The minimum Gasteiger partial charge on any atom is -0.424 e. The van der Waals surface area contributed by atoms with Gasteiger partial charge in [-0.15, -0.1) is 0 Å². The van der Waals surface area contributed by atoms with E-state index < -0.39 is 6.16 Å². The molecule has 0 amide bonds. The van der Waals surface area contributed by atoms with Gasteiger partial charge in [-0.3, -0.25) is 0 Å². The molecule has 2 aliphatic heterocycles. The van der Waals surface area contributed by atoms with Gasteiger partial charge >= 0.3 is 6.16 Å². The third kappa shape index (κ3) is 0.666. The van der Waals surface area contributed by atoms with E-state index in [9.17, 15) is 4.79 Å². The smallest absolute Gasteiger partial charge is 0.424 e. The average Bonchev–Trinajstić information content (AvgIpc) is 2.22. The molecule has 2 atom stereocenters. The second-order valence-corrected chi connectivity index (χ2v) is 2.10. The molecule has 0 bridgehead atoms. The monoisotopic (exact) mass is 130 g/mol. The lowest BCUT2D eigenvalue weighted by Crippen LogP contribution is -2.18. The molecule has 0 spiro atoms. The fourth-order valence-electron chi connectivity index (χ4n) is 1.01. The molecule has 0 aromatic heterocycles. The summed E-state index contributed by atoms with van der Waals surface area (Å²) in [5, 5.41) is 0. The fraction of sp³-hybridized carbons (Fsp3) is 0.800. The van der Waals surface area contributed by atoms with Crippen LogP contribution >= 0.6 is 0 Å². The Labute approximate surface area is 51.7 Å². The van der Waals surface area contributed by atoms with E-state index in [0.29, 0.717) is 13.2 Å². The summed E-state index contributed by atoms with van der Waals surface area (Å²) >= 11 is 0. The van der Waals surface area contributed by atoms with Crippen molar-refractivity contribution in [2.24, 2.45) is 0 Å². The van der Waals surface area contributed by atoms with Crippen LogP contribution in [0.25, 0.3) is 0 Å². The highest BCUT2D eigenvalue weighted by Crippen LogP contribution is 2.20. The second-order valence-electron chi connectivity index (χ2n) is 2.10. The predicted octanol–water partition coefficient (Wildman–Crippen LogP) is -0.0794. The number of carbonyl (C=O) groups is 1. The van der Waals surface area contributed by atoms with Crippen molar-refractivity contribution >= 4 is 6.16 Å². The van der Waals surface area contributed by atoms with E-state index in [1.807, 2.05) is 0 Å². The molecule has 2 rings (SSSR count). The van der Waals surface area contributed by atoms with Gasteiger partial charge in [0.25, 0.3) is 0 Å². The average molecular weight is 130 g/mol. The van der Waals surface area contributed by atoms with E-state index >= 15 is 0 Å². The number of hydrogen-bond donors (Lipinski definition) is 0. The molecule has 0 aromatic rings. The molecule has 4 nitrogen and oxygen atoms in total. The number of fused-ring (bicyclic) bond motifs is 1. The standard InChI is InChI=1S/C5H6O4/c6-5-8-3-1-7-2-4(3)9-5/h3-4H,1-2H2. The Morgan fingerprint density at radius 1 is 1.22 bits per heavy atom. The van der Waals surface area contributed by atoms with Crippen LogP contribution in [0.5, 0.6) is 0 Å². The molecule has 2 heterocycles. The van der Waals surface area contributed by atoms with Crippen molar-refractivity contribution in [1.29, 1.82) is 0 Å². The van der Waals surface area contributed by atoms with Gasteiger partial charge in [-0.25, -0.2) is 4.79 Å². The van der Waals surface area contributed by atoms with Crippen molar-refractivity contribution in [2.45, 2.75) is 12.2 Å². The summed E-state index contributed by atoms with van der Waals surface area (Å²) < 4.78 is 14.4. The zero-order valence-corrected chi connectivity index (χ0v) is 4.70. The van der Waals surface area contributed by atoms with Gasteiger partial charge in [-0.05, 0) is 0 Å². The lowest BCUT2D eigenvalue weighted by Gasteiger charge is -1.97. The summed E-state index contributed by atoms with van der Waals surface area (Å²) in [5.41, 5.74) is 0. The first kappa shape index (κ1) is 5.05. The van der Waals surface area contributed by atoms with E-state index in [1.54, 1.807) is 0 Å². The summed E-state index contributed by atoms with van der Waals surface area (Å²) in [5.74, 6) is 0. The molecule has 0 aliphatic carbocycles. The molecule has 50 valence electrons. The SMILES string of the molecule is O=C1OC2COCC2O1. The van der Waals surface area contributed by atoms with Crippen LogP contribution < -0.4 is 0 Å². The van der Waals surface area contributed by atoms with Crippen molar-refractivity contribution in [3.05, 3.63) is 0 Å². The first-order valence-corrected chi connectivity index (χ1v) is 2.81. The van der Waals surface area contributed by atoms with Crippen LogP contribution in [0.1, 0.15) is 0 Å². The summed E-state index contributed by atoms with van der Waals surface area (Å²) in [6, 6.07) is 0. The highest BCUT2D eigenvalue weighted by molar-refractivity contribution is 5.62. The van der Waals surface area contributed by atoms with Gasteiger partial charge in [0.1, 0.15) is 0 Å². The molecule has 2 saturated heterocycles. The van der Waals surface area contributed by atoms with Gasteiger partial charge in [-0.2, -0.15) is 0 Å². The van der Waals surface area contributed by atoms with Gasteiger partial charge in [0.05, 0.1) is 13.2 Å². The minimum absolute atomic E-state index is 0.141. The topological polar surface area (TPSA) is 44.8 Å². The van der Waals surface area contributed by atoms with Crippen LogP contribution in [0.3, 0.4) is 0 Å². The Balaban J connectivity index is 2.09. The van der Waals surface area contributed by atoms with E-state index in [-0.39, 0.29) is 12.2 Å². The Morgan fingerprint density at radius 3 is 2.33 bits per heavy atom. The van der Waals surface area contributed by atoms with Crippen molar-refractivity contribution in [3.8, 4) is 0 Å². The normalized spacial score (nSPS) is 39.8. The molecule has 4 heteroatoms. The van der Waals surface area contributed by atoms with Crippen LogP contribution in [0.4, 0.5) is 4.79 Å². The molecule has 9 heavy (non-hydrogen) atoms. The third-order valence-corrected chi connectivity index (χ3v) is 1.47. The van der Waals surface area contributed by atoms with Crippen LogP contribution in [0.15, 0.2) is 0 Å². The van der Waals surface area contributed by atoms with Crippen molar-refractivity contribution in [2.75, 3.05) is 13.2 Å². The zero-order chi connectivity index (χ0) is 6.27. The lowest BCUT2D eigenvalue weighted by molar-refractivity contribution is 0.0644. The Morgan fingerprint density at radius 2 is 1.78 bits per heavy atom. The molecule has 2 unspecified atom stereocenters. The van der Waals surface area contributed by atoms with Crippen LogP contribution in [0, 0.1) is 0 Å². The summed E-state index contributed by atoms with van der Waals surface area (Å²) in [7, 11) is 0. The maximum atomic E-state index is 10.4. The maximum absolute atomic E-state index is 10.4.